The van der Waals surface area contributed by atoms with E-state index in [1.165, 1.54) is 39.3 Å². The van der Waals surface area contributed by atoms with E-state index in [0.29, 0.717) is 0 Å². The van der Waals surface area contributed by atoms with Gasteiger partial charge in [-0.2, -0.15) is 0 Å². The van der Waals surface area contributed by atoms with E-state index in [4.69, 9.17) is 0 Å². The number of rotatable bonds is 3. The Morgan fingerprint density at radius 1 is 0.600 bits per heavy atom. The fraction of sp³-hybridized carbons (Fsp3) is 1.00. The molecule has 0 aromatic heterocycles. The van der Waals surface area contributed by atoms with Crippen LogP contribution in [0.15, 0.2) is 0 Å². The van der Waals surface area contributed by atoms with Gasteiger partial charge in [0.2, 0.25) is 0 Å². The zero-order valence-corrected chi connectivity index (χ0v) is 6.16. The first-order valence-corrected chi connectivity index (χ1v) is 4.17. The molecule has 3 aliphatic heterocycles. The molecule has 0 bridgehead atoms. The third kappa shape index (κ3) is 0.856. The molecule has 0 aromatic carbocycles. The van der Waals surface area contributed by atoms with Crippen LogP contribution in [0.2, 0.25) is 0 Å². The summed E-state index contributed by atoms with van der Waals surface area (Å²) in [5.41, 5.74) is 0. The van der Waals surface area contributed by atoms with Crippen molar-refractivity contribution in [2.24, 2.45) is 0 Å². The molecule has 10 heavy (non-hydrogen) atoms. The minimum Gasteiger partial charge on any atom is -0.273 e. The molecule has 0 amide bonds. The second-order valence-electron chi connectivity index (χ2n) is 3.45. The van der Waals surface area contributed by atoms with Crippen LogP contribution in [0.5, 0.6) is 0 Å². The fourth-order valence-corrected chi connectivity index (χ4v) is 1.56. The normalized spacial score (nSPS) is 33.3. The molecule has 0 unspecified atom stereocenters. The minimum atomic E-state index is 0.722. The first-order chi connectivity index (χ1) is 4.95. The molecule has 3 heteroatoms. The van der Waals surface area contributed by atoms with Crippen LogP contribution in [-0.4, -0.2) is 60.3 Å². The Balaban J connectivity index is 1.69. The van der Waals surface area contributed by atoms with Crippen molar-refractivity contribution in [2.75, 3.05) is 39.3 Å². The van der Waals surface area contributed by atoms with Gasteiger partial charge in [-0.1, -0.05) is 0 Å². The zero-order chi connectivity index (χ0) is 6.55. The molecule has 56 valence electrons. The largest absolute Gasteiger partial charge is 0.273 e. The van der Waals surface area contributed by atoms with E-state index in [2.05, 4.69) is 14.7 Å². The summed E-state index contributed by atoms with van der Waals surface area (Å²) in [4.78, 5) is 7.63. The highest BCUT2D eigenvalue weighted by atomic mass is 15.6. The summed E-state index contributed by atoms with van der Waals surface area (Å²) in [6, 6.07) is 0. The summed E-state index contributed by atoms with van der Waals surface area (Å²) in [5, 5.41) is 0. The summed E-state index contributed by atoms with van der Waals surface area (Å²) in [7, 11) is 0. The molecule has 0 radical (unpaired) electrons. The van der Waals surface area contributed by atoms with Crippen molar-refractivity contribution < 1.29 is 0 Å². The summed E-state index contributed by atoms with van der Waals surface area (Å²) in [5.74, 6) is 0. The van der Waals surface area contributed by atoms with Crippen molar-refractivity contribution in [3.05, 3.63) is 0 Å². The smallest absolute Gasteiger partial charge is 0.119 e. The SMILES string of the molecule is C1CN1C(N1CC1)N1CC1. The van der Waals surface area contributed by atoms with E-state index in [9.17, 15) is 0 Å². The van der Waals surface area contributed by atoms with Crippen LogP contribution in [0.4, 0.5) is 0 Å². The second kappa shape index (κ2) is 1.72. The Kier molecular flexibility index (Phi) is 0.952. The van der Waals surface area contributed by atoms with Gasteiger partial charge in [-0.3, -0.25) is 14.7 Å². The molecule has 0 spiro atoms. The Bertz CT molecular complexity index is 118. The maximum absolute atomic E-state index is 2.54. The zero-order valence-electron chi connectivity index (χ0n) is 6.16. The Labute approximate surface area is 61.2 Å². The number of hydrogen-bond donors (Lipinski definition) is 0. The van der Waals surface area contributed by atoms with Crippen LogP contribution in [0.3, 0.4) is 0 Å². The first kappa shape index (κ1) is 5.52. The van der Waals surface area contributed by atoms with Crippen molar-refractivity contribution in [3.8, 4) is 0 Å². The van der Waals surface area contributed by atoms with Crippen LogP contribution < -0.4 is 0 Å². The quantitative estimate of drug-likeness (QED) is 0.474. The van der Waals surface area contributed by atoms with Crippen LogP contribution in [0.1, 0.15) is 0 Å². The maximum atomic E-state index is 2.54. The maximum Gasteiger partial charge on any atom is 0.119 e. The molecule has 0 atom stereocenters. The summed E-state index contributed by atoms with van der Waals surface area (Å²) in [6.45, 7) is 7.99. The molecule has 0 N–H and O–H groups in total. The van der Waals surface area contributed by atoms with Crippen molar-refractivity contribution in [3.63, 3.8) is 0 Å². The highest BCUT2D eigenvalue weighted by molar-refractivity contribution is 4.93. The minimum absolute atomic E-state index is 0.722. The molecule has 3 aliphatic rings. The summed E-state index contributed by atoms with van der Waals surface area (Å²) in [6.07, 6.45) is 0.722. The first-order valence-electron chi connectivity index (χ1n) is 4.17. The lowest BCUT2D eigenvalue weighted by atomic mass is 10.7. The standard InChI is InChI=1S/C7H13N3/c1-2-8(1)7(9-3-4-9)10-5-6-10/h7H,1-6H2. The topological polar surface area (TPSA) is 9.03 Å². The predicted molar refractivity (Wildman–Crippen MR) is 38.5 cm³/mol. The number of hydrogen-bond acceptors (Lipinski definition) is 3. The van der Waals surface area contributed by atoms with Gasteiger partial charge in [-0.25, -0.2) is 0 Å². The molecule has 3 saturated heterocycles. The lowest BCUT2D eigenvalue weighted by Crippen LogP contribution is -2.35. The molecule has 3 fully saturated rings. The van der Waals surface area contributed by atoms with Crippen LogP contribution in [0, 0.1) is 0 Å². The monoisotopic (exact) mass is 139 g/mol. The van der Waals surface area contributed by atoms with Crippen LogP contribution >= 0.6 is 0 Å². The van der Waals surface area contributed by atoms with Gasteiger partial charge in [-0.15, -0.1) is 0 Å². The highest BCUT2D eigenvalue weighted by Gasteiger charge is 2.44. The molecular weight excluding hydrogens is 126 g/mol. The summed E-state index contributed by atoms with van der Waals surface area (Å²) >= 11 is 0. The highest BCUT2D eigenvalue weighted by Crippen LogP contribution is 2.27. The molecule has 3 rings (SSSR count). The molecule has 3 nitrogen and oxygen atoms in total. The molecule has 0 saturated carbocycles. The van der Waals surface area contributed by atoms with Gasteiger partial charge in [0.25, 0.3) is 0 Å². The summed E-state index contributed by atoms with van der Waals surface area (Å²) < 4.78 is 0. The van der Waals surface area contributed by atoms with Crippen LogP contribution in [0.25, 0.3) is 0 Å². The van der Waals surface area contributed by atoms with E-state index < -0.39 is 0 Å². The van der Waals surface area contributed by atoms with Crippen molar-refractivity contribution in [1.82, 2.24) is 14.7 Å². The molecular formula is C7H13N3. The van der Waals surface area contributed by atoms with E-state index in [1.54, 1.807) is 0 Å². The lowest BCUT2D eigenvalue weighted by Gasteiger charge is -2.19. The molecule has 0 aliphatic carbocycles. The second-order valence-corrected chi connectivity index (χ2v) is 3.45. The van der Waals surface area contributed by atoms with Crippen molar-refractivity contribution in [1.29, 1.82) is 0 Å². The average molecular weight is 139 g/mol. The van der Waals surface area contributed by atoms with Gasteiger partial charge >= 0.3 is 0 Å². The third-order valence-corrected chi connectivity index (χ3v) is 2.43. The van der Waals surface area contributed by atoms with Gasteiger partial charge in [0.1, 0.15) is 6.29 Å². The van der Waals surface area contributed by atoms with Gasteiger partial charge in [0, 0.05) is 39.3 Å². The number of nitrogens with zero attached hydrogens (tertiary/aromatic N) is 3. The van der Waals surface area contributed by atoms with Gasteiger partial charge < -0.3 is 0 Å². The van der Waals surface area contributed by atoms with Crippen LogP contribution in [-0.2, 0) is 0 Å². The molecule has 3 heterocycles. The van der Waals surface area contributed by atoms with Crippen molar-refractivity contribution >= 4 is 0 Å². The van der Waals surface area contributed by atoms with E-state index in [0.717, 1.165) is 6.29 Å². The Hall–Kier alpha value is -0.120. The van der Waals surface area contributed by atoms with Crippen molar-refractivity contribution in [2.45, 2.75) is 6.29 Å². The van der Waals surface area contributed by atoms with Gasteiger partial charge in [-0.05, 0) is 0 Å². The molecule has 0 aromatic rings. The van der Waals surface area contributed by atoms with Gasteiger partial charge in [0.15, 0.2) is 0 Å². The lowest BCUT2D eigenvalue weighted by molar-refractivity contribution is 0.133. The van der Waals surface area contributed by atoms with Gasteiger partial charge in [0.05, 0.1) is 0 Å². The van der Waals surface area contributed by atoms with E-state index in [1.807, 2.05) is 0 Å². The van der Waals surface area contributed by atoms with E-state index >= 15 is 0 Å². The fourth-order valence-electron chi connectivity index (χ4n) is 1.56. The third-order valence-electron chi connectivity index (χ3n) is 2.43. The Morgan fingerprint density at radius 2 is 0.900 bits per heavy atom. The average Bonchev–Trinajstić information content (AvgIpc) is 2.78. The predicted octanol–water partition coefficient (Wildman–Crippen LogP) is -0.783. The van der Waals surface area contributed by atoms with E-state index in [-0.39, 0.29) is 0 Å². The Morgan fingerprint density at radius 3 is 1.10 bits per heavy atom.